The van der Waals surface area contributed by atoms with Gasteiger partial charge in [0.1, 0.15) is 11.9 Å². The molecule has 2 saturated carbocycles. The zero-order chi connectivity index (χ0) is 32.0. The Hall–Kier alpha value is -2.91. The van der Waals surface area contributed by atoms with Crippen molar-refractivity contribution in [1.29, 1.82) is 5.26 Å². The van der Waals surface area contributed by atoms with E-state index >= 15 is 4.39 Å². The maximum atomic E-state index is 16.1. The third-order valence-corrected chi connectivity index (χ3v) is 11.6. The Morgan fingerprint density at radius 3 is 2.40 bits per heavy atom. The Labute approximate surface area is 269 Å². The molecule has 2 aromatic carbocycles. The Balaban J connectivity index is 1.22. The molecular formula is C39H53FN2O3. The average Bonchev–Trinajstić information content (AvgIpc) is 3.33. The number of amides is 1. The molecule has 0 radical (unpaired) electrons. The number of carbonyl (C=O) groups is 1. The Bertz CT molecular complexity index is 1320. The van der Waals surface area contributed by atoms with Gasteiger partial charge < -0.3 is 15.1 Å². The van der Waals surface area contributed by atoms with Gasteiger partial charge in [0.15, 0.2) is 0 Å². The van der Waals surface area contributed by atoms with Crippen LogP contribution in [0.25, 0.3) is 0 Å². The van der Waals surface area contributed by atoms with Gasteiger partial charge in [-0.3, -0.25) is 4.79 Å². The lowest BCUT2D eigenvalue weighted by molar-refractivity contribution is -0.0722. The molecule has 1 amide bonds. The van der Waals surface area contributed by atoms with E-state index < -0.39 is 12.3 Å². The summed E-state index contributed by atoms with van der Waals surface area (Å²) in [5.41, 5.74) is 2.98. The Morgan fingerprint density at radius 1 is 1.00 bits per heavy atom. The van der Waals surface area contributed by atoms with Crippen LogP contribution in [0.15, 0.2) is 42.5 Å². The first-order valence-corrected chi connectivity index (χ1v) is 17.7. The zero-order valence-corrected chi connectivity index (χ0v) is 27.4. The lowest BCUT2D eigenvalue weighted by atomic mass is 9.51. The van der Waals surface area contributed by atoms with Crippen LogP contribution in [0.2, 0.25) is 0 Å². The number of nitriles is 1. The minimum atomic E-state index is -0.987. The fraction of sp³-hybridized carbons (Fsp3) is 0.641. The van der Waals surface area contributed by atoms with Crippen molar-refractivity contribution < 1.29 is 19.4 Å². The number of phenols is 1. The second-order valence-electron chi connectivity index (χ2n) is 14.5. The molecule has 244 valence electrons. The quantitative estimate of drug-likeness (QED) is 0.208. The first kappa shape index (κ1) is 33.5. The maximum Gasteiger partial charge on any atom is 0.253 e. The van der Waals surface area contributed by atoms with Crippen molar-refractivity contribution in [2.24, 2.45) is 23.2 Å². The van der Waals surface area contributed by atoms with Crippen molar-refractivity contribution in [3.05, 3.63) is 64.7 Å². The number of unbranched alkanes of at least 4 members (excludes halogenated alkanes) is 7. The van der Waals surface area contributed by atoms with Crippen LogP contribution in [0.5, 0.6) is 5.75 Å². The van der Waals surface area contributed by atoms with Gasteiger partial charge in [0.05, 0.1) is 17.7 Å². The van der Waals surface area contributed by atoms with E-state index in [9.17, 15) is 15.0 Å². The highest BCUT2D eigenvalue weighted by molar-refractivity contribution is 5.94. The summed E-state index contributed by atoms with van der Waals surface area (Å²) in [5.74, 6) is 0.951. The van der Waals surface area contributed by atoms with Crippen LogP contribution >= 0.6 is 0 Å². The molecule has 0 aromatic heterocycles. The predicted octanol–water partition coefficient (Wildman–Crippen LogP) is 8.72. The molecule has 0 spiro atoms. The number of alkyl halides is 1. The normalized spacial score (nSPS) is 28.5. The second kappa shape index (κ2) is 15.1. The van der Waals surface area contributed by atoms with Crippen molar-refractivity contribution in [2.75, 3.05) is 13.1 Å². The molecule has 5 nitrogen and oxygen atoms in total. The molecule has 7 atom stereocenters. The van der Waals surface area contributed by atoms with Crippen molar-refractivity contribution in [3.63, 3.8) is 0 Å². The average molecular weight is 617 g/mol. The molecule has 2 fully saturated rings. The molecule has 0 aliphatic heterocycles. The molecule has 45 heavy (non-hydrogen) atoms. The topological polar surface area (TPSA) is 84.6 Å². The lowest BCUT2D eigenvalue weighted by Gasteiger charge is -2.54. The minimum Gasteiger partial charge on any atom is -0.508 e. The SMILES string of the molecule is CCCCCCCCN(CCCCCC1Cc2cc(O)ccc2C2C(F)C[C@]3(C)C(O)CCC3C12)C(=O)c1ccc(C#N)cc1. The molecule has 0 heterocycles. The van der Waals surface area contributed by atoms with Crippen LogP contribution in [0.3, 0.4) is 0 Å². The summed E-state index contributed by atoms with van der Waals surface area (Å²) in [7, 11) is 0. The van der Waals surface area contributed by atoms with Gasteiger partial charge >= 0.3 is 0 Å². The molecule has 0 bridgehead atoms. The van der Waals surface area contributed by atoms with E-state index in [2.05, 4.69) is 19.9 Å². The maximum absolute atomic E-state index is 16.1. The highest BCUT2D eigenvalue weighted by atomic mass is 19.1. The van der Waals surface area contributed by atoms with E-state index in [1.54, 1.807) is 30.3 Å². The highest BCUT2D eigenvalue weighted by Gasteiger charge is 2.59. The largest absolute Gasteiger partial charge is 0.508 e. The lowest BCUT2D eigenvalue weighted by Crippen LogP contribution is -2.51. The van der Waals surface area contributed by atoms with E-state index in [0.717, 1.165) is 75.5 Å². The van der Waals surface area contributed by atoms with Crippen LogP contribution in [0.1, 0.15) is 130 Å². The van der Waals surface area contributed by atoms with Gasteiger partial charge in [0, 0.05) is 24.6 Å². The van der Waals surface area contributed by atoms with Crippen LogP contribution in [0.4, 0.5) is 4.39 Å². The van der Waals surface area contributed by atoms with Gasteiger partial charge in [0.2, 0.25) is 0 Å². The van der Waals surface area contributed by atoms with E-state index in [4.69, 9.17) is 5.26 Å². The molecule has 2 aromatic rings. The summed E-state index contributed by atoms with van der Waals surface area (Å²) in [6.07, 6.45) is 12.5. The summed E-state index contributed by atoms with van der Waals surface area (Å²) in [5, 5.41) is 30.3. The van der Waals surface area contributed by atoms with Crippen LogP contribution in [-0.2, 0) is 6.42 Å². The van der Waals surface area contributed by atoms with Gasteiger partial charge in [-0.25, -0.2) is 4.39 Å². The van der Waals surface area contributed by atoms with Gasteiger partial charge in [-0.15, -0.1) is 0 Å². The van der Waals surface area contributed by atoms with Gasteiger partial charge in [-0.1, -0.05) is 64.9 Å². The van der Waals surface area contributed by atoms with Gasteiger partial charge in [-0.05, 0) is 116 Å². The van der Waals surface area contributed by atoms with Crippen LogP contribution in [0, 0.1) is 34.5 Å². The first-order chi connectivity index (χ1) is 21.8. The number of nitrogens with zero attached hydrogens (tertiary/aromatic N) is 2. The molecule has 0 saturated heterocycles. The van der Waals surface area contributed by atoms with E-state index in [0.29, 0.717) is 35.9 Å². The number of halogens is 1. The fourth-order valence-electron chi connectivity index (χ4n) is 9.19. The van der Waals surface area contributed by atoms with Crippen molar-refractivity contribution >= 4 is 5.91 Å². The number of hydrogen-bond acceptors (Lipinski definition) is 4. The highest BCUT2D eigenvalue weighted by Crippen LogP contribution is 2.63. The summed E-state index contributed by atoms with van der Waals surface area (Å²) in [4.78, 5) is 15.5. The van der Waals surface area contributed by atoms with E-state index in [-0.39, 0.29) is 28.9 Å². The molecule has 2 N–H and O–H groups in total. The second-order valence-corrected chi connectivity index (χ2v) is 14.5. The summed E-state index contributed by atoms with van der Waals surface area (Å²) in [6, 6.07) is 14.6. The van der Waals surface area contributed by atoms with Crippen molar-refractivity contribution in [2.45, 2.75) is 122 Å². The monoisotopic (exact) mass is 616 g/mol. The predicted molar refractivity (Wildman–Crippen MR) is 177 cm³/mol. The molecule has 3 aliphatic carbocycles. The number of aliphatic hydroxyl groups is 1. The number of fused-ring (bicyclic) bond motifs is 5. The van der Waals surface area contributed by atoms with Crippen molar-refractivity contribution in [1.82, 2.24) is 4.90 Å². The third-order valence-electron chi connectivity index (χ3n) is 11.6. The van der Waals surface area contributed by atoms with Crippen LogP contribution < -0.4 is 0 Å². The Morgan fingerprint density at radius 2 is 1.69 bits per heavy atom. The summed E-state index contributed by atoms with van der Waals surface area (Å²) < 4.78 is 16.1. The van der Waals surface area contributed by atoms with Gasteiger partial charge in [-0.2, -0.15) is 5.26 Å². The summed E-state index contributed by atoms with van der Waals surface area (Å²) >= 11 is 0. The number of carbonyl (C=O) groups excluding carboxylic acids is 1. The molecule has 6 unspecified atom stereocenters. The fourth-order valence-corrected chi connectivity index (χ4v) is 9.19. The van der Waals surface area contributed by atoms with Crippen LogP contribution in [-0.4, -0.2) is 46.4 Å². The van der Waals surface area contributed by atoms with Crippen molar-refractivity contribution in [3.8, 4) is 11.8 Å². The number of aliphatic hydroxyl groups excluding tert-OH is 1. The number of rotatable bonds is 14. The van der Waals surface area contributed by atoms with E-state index in [1.807, 2.05) is 17.0 Å². The number of benzene rings is 2. The standard InChI is InChI=1S/C39H53FN2O3/c1-3-4-5-6-7-10-21-42(38(45)28-15-13-27(26-41)14-16-28)22-11-8-9-12-29-23-30-24-31(43)17-18-32(30)37-34(40)25-39(2)33(36(29)37)19-20-35(39)44/h13-18,24,29,33-37,43-44H,3-12,19-23,25H2,1-2H3/t29?,33?,34?,35?,36?,37?,39-/m0/s1. The zero-order valence-electron chi connectivity index (χ0n) is 27.4. The number of hydrogen-bond donors (Lipinski definition) is 2. The number of aromatic hydroxyl groups is 1. The first-order valence-electron chi connectivity index (χ1n) is 17.7. The molecule has 6 heteroatoms. The number of phenolic OH excluding ortho intramolecular Hbond substituents is 1. The molecular weight excluding hydrogens is 563 g/mol. The summed E-state index contributed by atoms with van der Waals surface area (Å²) in [6.45, 7) is 5.79. The third kappa shape index (κ3) is 7.40. The minimum absolute atomic E-state index is 0.0369. The molecule has 5 rings (SSSR count). The smallest absolute Gasteiger partial charge is 0.253 e. The molecule has 3 aliphatic rings. The van der Waals surface area contributed by atoms with E-state index in [1.165, 1.54) is 25.7 Å². The Kier molecular flexibility index (Phi) is 11.2. The van der Waals surface area contributed by atoms with Gasteiger partial charge in [0.25, 0.3) is 5.91 Å².